The van der Waals surface area contributed by atoms with Gasteiger partial charge in [-0.1, -0.05) is 69.1 Å². The van der Waals surface area contributed by atoms with E-state index >= 15 is 0 Å². The van der Waals surface area contributed by atoms with Crippen molar-refractivity contribution in [3.8, 4) is 5.75 Å². The number of anilines is 1. The van der Waals surface area contributed by atoms with Crippen LogP contribution in [0.3, 0.4) is 0 Å². The number of ether oxygens (including phenoxy) is 1. The summed E-state index contributed by atoms with van der Waals surface area (Å²) in [6, 6.07) is 15.4. The van der Waals surface area contributed by atoms with Crippen LogP contribution in [0, 0.1) is 5.82 Å². The lowest BCUT2D eigenvalue weighted by Crippen LogP contribution is -2.46. The molecule has 1 heterocycles. The van der Waals surface area contributed by atoms with E-state index in [0.29, 0.717) is 27.6 Å². The third-order valence-corrected chi connectivity index (χ3v) is 7.32. The van der Waals surface area contributed by atoms with Crippen LogP contribution in [0.5, 0.6) is 5.75 Å². The van der Waals surface area contributed by atoms with Gasteiger partial charge in [-0.2, -0.15) is 5.01 Å². The highest BCUT2D eigenvalue weighted by Gasteiger charge is 2.34. The van der Waals surface area contributed by atoms with Crippen LogP contribution in [-0.2, 0) is 11.4 Å². The van der Waals surface area contributed by atoms with Crippen molar-refractivity contribution >= 4 is 91.1 Å². The van der Waals surface area contributed by atoms with Gasteiger partial charge in [0.15, 0.2) is 4.32 Å². The highest BCUT2D eigenvalue weighted by Crippen LogP contribution is 2.35. The molecular weight excluding hydrogens is 612 g/mol. The fraction of sp³-hybridized carbons (Fsp3) is 0.0417. The van der Waals surface area contributed by atoms with Gasteiger partial charge in [-0.05, 0) is 60.8 Å². The summed E-state index contributed by atoms with van der Waals surface area (Å²) in [5.41, 5.74) is 3.78. The second-order valence-corrected chi connectivity index (χ2v) is 10.7. The van der Waals surface area contributed by atoms with Crippen LogP contribution in [0.4, 0.5) is 14.9 Å². The van der Waals surface area contributed by atoms with Crippen LogP contribution in [-0.4, -0.2) is 21.3 Å². The number of hydrogen-bond donors (Lipinski definition) is 2. The number of hydrogen-bond acceptors (Lipinski definition) is 5. The normalized spacial score (nSPS) is 14.3. The molecular formula is C24H15BrCl2FN3O3S2. The van der Waals surface area contributed by atoms with E-state index in [1.807, 2.05) is 0 Å². The number of halogens is 4. The predicted molar refractivity (Wildman–Crippen MR) is 149 cm³/mol. The molecule has 184 valence electrons. The number of thiocarbonyl (C=S) groups is 1. The fourth-order valence-corrected chi connectivity index (χ4v) is 4.92. The maximum Gasteiger partial charge on any atom is 0.338 e. The number of benzene rings is 3. The SMILES string of the molecule is O=C(Nc1ccc(Cl)c(Cl)c1)NN1C(=O)/C(=C/c2cc(Br)ccc2OCc2ccccc2F)SC1=S. The zero-order valence-corrected chi connectivity index (χ0v) is 22.8. The van der Waals surface area contributed by atoms with Crippen molar-refractivity contribution in [1.29, 1.82) is 0 Å². The van der Waals surface area contributed by atoms with Crippen LogP contribution < -0.4 is 15.5 Å². The average molecular weight is 627 g/mol. The second kappa shape index (κ2) is 11.6. The van der Waals surface area contributed by atoms with E-state index in [4.69, 9.17) is 40.2 Å². The molecule has 1 saturated heterocycles. The summed E-state index contributed by atoms with van der Waals surface area (Å²) in [5.74, 6) is -0.450. The van der Waals surface area contributed by atoms with Crippen molar-refractivity contribution in [3.63, 3.8) is 0 Å². The molecule has 1 aliphatic heterocycles. The average Bonchev–Trinajstić information content (AvgIpc) is 3.09. The molecule has 0 aliphatic carbocycles. The summed E-state index contributed by atoms with van der Waals surface area (Å²) in [6.45, 7) is 0.00649. The van der Waals surface area contributed by atoms with Gasteiger partial charge in [-0.25, -0.2) is 14.6 Å². The Morgan fingerprint density at radius 2 is 1.92 bits per heavy atom. The van der Waals surface area contributed by atoms with Crippen LogP contribution >= 0.6 is 63.1 Å². The first-order chi connectivity index (χ1) is 17.2. The zero-order chi connectivity index (χ0) is 25.8. The molecule has 0 unspecified atom stereocenters. The first kappa shape index (κ1) is 26.4. The first-order valence-electron chi connectivity index (χ1n) is 10.2. The Bertz CT molecular complexity index is 1410. The molecule has 0 radical (unpaired) electrons. The van der Waals surface area contributed by atoms with Crippen molar-refractivity contribution in [1.82, 2.24) is 10.4 Å². The number of rotatable bonds is 6. The number of thioether (sulfide) groups is 1. The van der Waals surface area contributed by atoms with E-state index in [-0.39, 0.29) is 26.7 Å². The van der Waals surface area contributed by atoms with Crippen LogP contribution in [0.2, 0.25) is 10.0 Å². The summed E-state index contributed by atoms with van der Waals surface area (Å²) in [4.78, 5) is 25.7. The summed E-state index contributed by atoms with van der Waals surface area (Å²) < 4.78 is 20.7. The van der Waals surface area contributed by atoms with Gasteiger partial charge in [0.1, 0.15) is 18.2 Å². The molecule has 0 saturated carbocycles. The van der Waals surface area contributed by atoms with Crippen LogP contribution in [0.25, 0.3) is 6.08 Å². The van der Waals surface area contributed by atoms with E-state index in [0.717, 1.165) is 21.2 Å². The monoisotopic (exact) mass is 625 g/mol. The maximum atomic E-state index is 14.0. The van der Waals surface area contributed by atoms with Gasteiger partial charge < -0.3 is 10.1 Å². The third-order valence-electron chi connectivity index (χ3n) is 4.78. The first-order valence-corrected chi connectivity index (χ1v) is 12.9. The van der Waals surface area contributed by atoms with E-state index in [2.05, 4.69) is 26.7 Å². The van der Waals surface area contributed by atoms with Gasteiger partial charge >= 0.3 is 6.03 Å². The van der Waals surface area contributed by atoms with E-state index < -0.39 is 11.9 Å². The number of urea groups is 1. The molecule has 12 heteroatoms. The Kier molecular flexibility index (Phi) is 8.53. The fourth-order valence-electron chi connectivity index (χ4n) is 3.07. The van der Waals surface area contributed by atoms with Crippen molar-refractivity contribution < 1.29 is 18.7 Å². The quantitative estimate of drug-likeness (QED) is 0.220. The third kappa shape index (κ3) is 6.37. The number of carbonyl (C=O) groups excluding carboxylic acids is 2. The topological polar surface area (TPSA) is 70.7 Å². The lowest BCUT2D eigenvalue weighted by atomic mass is 10.1. The molecule has 3 aromatic carbocycles. The largest absolute Gasteiger partial charge is 0.488 e. The minimum atomic E-state index is -0.692. The Hall–Kier alpha value is -2.63. The van der Waals surface area contributed by atoms with Gasteiger partial charge in [0.25, 0.3) is 5.91 Å². The minimum Gasteiger partial charge on any atom is -0.488 e. The Labute approximate surface area is 233 Å². The van der Waals surface area contributed by atoms with Crippen LogP contribution in [0.1, 0.15) is 11.1 Å². The van der Waals surface area contributed by atoms with Gasteiger partial charge in [0.05, 0.1) is 15.0 Å². The molecule has 3 amide bonds. The summed E-state index contributed by atoms with van der Waals surface area (Å²) in [7, 11) is 0. The van der Waals surface area contributed by atoms with E-state index in [1.54, 1.807) is 48.5 Å². The molecule has 0 atom stereocenters. The van der Waals surface area contributed by atoms with Gasteiger partial charge in [-0.3, -0.25) is 4.79 Å². The molecule has 0 spiro atoms. The molecule has 0 aromatic heterocycles. The van der Waals surface area contributed by atoms with Crippen molar-refractivity contribution in [3.05, 3.63) is 97.0 Å². The number of hydrazine groups is 1. The number of amides is 3. The Balaban J connectivity index is 1.48. The number of nitrogens with zero attached hydrogens (tertiary/aromatic N) is 1. The Morgan fingerprint density at radius 3 is 2.67 bits per heavy atom. The van der Waals surface area contributed by atoms with Gasteiger partial charge in [0.2, 0.25) is 0 Å². The summed E-state index contributed by atoms with van der Waals surface area (Å²) in [5, 5.41) is 4.14. The molecule has 1 fully saturated rings. The molecule has 4 rings (SSSR count). The zero-order valence-electron chi connectivity index (χ0n) is 18.1. The highest BCUT2D eigenvalue weighted by atomic mass is 79.9. The van der Waals surface area contributed by atoms with E-state index in [9.17, 15) is 14.0 Å². The minimum absolute atomic E-state index is 0.00649. The molecule has 0 bridgehead atoms. The molecule has 36 heavy (non-hydrogen) atoms. The lowest BCUT2D eigenvalue weighted by Gasteiger charge is -2.16. The van der Waals surface area contributed by atoms with Crippen molar-refractivity contribution in [2.24, 2.45) is 0 Å². The van der Waals surface area contributed by atoms with Crippen LogP contribution in [0.15, 0.2) is 70.0 Å². The standard InChI is InChI=1S/C24H15BrCl2FN3O3S2/c25-15-5-8-20(34-12-13-3-1-2-4-19(13)28)14(9-15)10-21-22(32)31(24(35)36-21)30-23(33)29-16-6-7-17(26)18(27)11-16/h1-11H,12H2,(H2,29,30,33)/b21-10-. The summed E-state index contributed by atoms with van der Waals surface area (Å²) in [6.07, 6.45) is 1.60. The molecule has 3 aromatic rings. The predicted octanol–water partition coefficient (Wildman–Crippen LogP) is 7.41. The van der Waals surface area contributed by atoms with Crippen molar-refractivity contribution in [2.45, 2.75) is 6.61 Å². The Morgan fingerprint density at radius 1 is 1.14 bits per heavy atom. The summed E-state index contributed by atoms with van der Waals surface area (Å²) >= 11 is 21.6. The second-order valence-electron chi connectivity index (χ2n) is 7.27. The van der Waals surface area contributed by atoms with E-state index in [1.165, 1.54) is 18.2 Å². The highest BCUT2D eigenvalue weighted by molar-refractivity contribution is 9.10. The maximum absolute atomic E-state index is 14.0. The molecule has 6 nitrogen and oxygen atoms in total. The number of nitrogens with one attached hydrogen (secondary N) is 2. The molecule has 2 N–H and O–H groups in total. The smallest absolute Gasteiger partial charge is 0.338 e. The van der Waals surface area contributed by atoms with Crippen molar-refractivity contribution in [2.75, 3.05) is 5.32 Å². The van der Waals surface area contributed by atoms with Gasteiger partial charge in [0, 0.05) is 21.3 Å². The van der Waals surface area contributed by atoms with Gasteiger partial charge in [-0.15, -0.1) is 0 Å². The lowest BCUT2D eigenvalue weighted by molar-refractivity contribution is -0.123. The molecule has 1 aliphatic rings. The number of carbonyl (C=O) groups is 2.